The number of methoxy groups -OCH3 is 1. The van der Waals surface area contributed by atoms with Crippen molar-refractivity contribution < 1.29 is 14.3 Å². The number of piperazine rings is 1. The number of nitrogens with two attached hydrogens (primary N) is 1. The number of carbonyl (C=O) groups is 2. The zero-order valence-electron chi connectivity index (χ0n) is 13.1. The summed E-state index contributed by atoms with van der Waals surface area (Å²) in [5, 5.41) is 8.76. The lowest BCUT2D eigenvalue weighted by Gasteiger charge is -2.24. The van der Waals surface area contributed by atoms with Crippen molar-refractivity contribution in [2.45, 2.75) is 31.8 Å². The molecule has 2 aliphatic rings. The van der Waals surface area contributed by atoms with Crippen molar-refractivity contribution in [2.75, 3.05) is 26.7 Å². The standard InChI is InChI=1S/C15H24N4O3/c1-9-7-10(13(22-2)8-11(9)16)14(20)18-4-3-12-15(21)19-6-5-17-12/h7,11-12,17H,3-6,8,16H2,1-2H3,(H,18,20)(H,19,21). The number of hydrogen-bond donors (Lipinski definition) is 4. The molecule has 2 rings (SSSR count). The molecule has 1 saturated heterocycles. The molecule has 5 N–H and O–H groups in total. The molecule has 0 aromatic heterocycles. The summed E-state index contributed by atoms with van der Waals surface area (Å²) in [5.41, 5.74) is 7.43. The molecule has 1 fully saturated rings. The molecular formula is C15H24N4O3. The first-order valence-electron chi connectivity index (χ1n) is 7.53. The Kier molecular flexibility index (Phi) is 5.57. The van der Waals surface area contributed by atoms with Gasteiger partial charge in [-0.1, -0.05) is 5.57 Å². The fraction of sp³-hybridized carbons (Fsp3) is 0.600. The van der Waals surface area contributed by atoms with Gasteiger partial charge in [0, 0.05) is 32.1 Å². The molecule has 1 heterocycles. The lowest BCUT2D eigenvalue weighted by molar-refractivity contribution is -0.124. The third-order valence-corrected chi connectivity index (χ3v) is 4.00. The second-order valence-corrected chi connectivity index (χ2v) is 5.58. The predicted molar refractivity (Wildman–Crippen MR) is 82.8 cm³/mol. The van der Waals surface area contributed by atoms with Crippen LogP contribution < -0.4 is 21.7 Å². The average Bonchev–Trinajstić information content (AvgIpc) is 2.51. The van der Waals surface area contributed by atoms with E-state index in [1.54, 1.807) is 13.2 Å². The van der Waals surface area contributed by atoms with E-state index in [0.717, 1.165) is 12.1 Å². The van der Waals surface area contributed by atoms with Crippen LogP contribution in [0, 0.1) is 0 Å². The maximum atomic E-state index is 12.3. The van der Waals surface area contributed by atoms with E-state index in [1.807, 2.05) is 6.92 Å². The minimum Gasteiger partial charge on any atom is -0.500 e. The Balaban J connectivity index is 1.90. The Morgan fingerprint density at radius 2 is 2.27 bits per heavy atom. The summed E-state index contributed by atoms with van der Waals surface area (Å²) in [5.74, 6) is 0.389. The van der Waals surface area contributed by atoms with E-state index in [4.69, 9.17) is 10.5 Å². The summed E-state index contributed by atoms with van der Waals surface area (Å²) < 4.78 is 5.27. The third kappa shape index (κ3) is 3.86. The van der Waals surface area contributed by atoms with Crippen molar-refractivity contribution in [1.82, 2.24) is 16.0 Å². The van der Waals surface area contributed by atoms with Crippen LogP contribution in [0.25, 0.3) is 0 Å². The van der Waals surface area contributed by atoms with E-state index in [1.165, 1.54) is 0 Å². The van der Waals surface area contributed by atoms with E-state index in [0.29, 0.717) is 37.3 Å². The second-order valence-electron chi connectivity index (χ2n) is 5.58. The smallest absolute Gasteiger partial charge is 0.254 e. The van der Waals surface area contributed by atoms with Crippen LogP contribution in [0.1, 0.15) is 19.8 Å². The van der Waals surface area contributed by atoms with Crippen LogP contribution in [0.5, 0.6) is 0 Å². The van der Waals surface area contributed by atoms with E-state index < -0.39 is 0 Å². The van der Waals surface area contributed by atoms with Gasteiger partial charge >= 0.3 is 0 Å². The van der Waals surface area contributed by atoms with Crippen LogP contribution in [0.4, 0.5) is 0 Å². The Hall–Kier alpha value is -1.86. The van der Waals surface area contributed by atoms with Gasteiger partial charge in [-0.05, 0) is 19.4 Å². The molecule has 0 bridgehead atoms. The van der Waals surface area contributed by atoms with Gasteiger partial charge in [0.1, 0.15) is 5.76 Å². The molecule has 2 amide bonds. The molecule has 0 radical (unpaired) electrons. The fourth-order valence-corrected chi connectivity index (χ4v) is 2.58. The molecule has 2 atom stereocenters. The molecule has 7 heteroatoms. The zero-order valence-corrected chi connectivity index (χ0v) is 13.1. The van der Waals surface area contributed by atoms with Gasteiger partial charge in [-0.25, -0.2) is 0 Å². The second kappa shape index (κ2) is 7.42. The summed E-state index contributed by atoms with van der Waals surface area (Å²) in [6, 6.07) is -0.358. The van der Waals surface area contributed by atoms with Gasteiger partial charge in [-0.2, -0.15) is 0 Å². The number of rotatable bonds is 5. The highest BCUT2D eigenvalue weighted by atomic mass is 16.5. The van der Waals surface area contributed by atoms with Crippen molar-refractivity contribution in [3.63, 3.8) is 0 Å². The maximum Gasteiger partial charge on any atom is 0.254 e. The van der Waals surface area contributed by atoms with E-state index >= 15 is 0 Å². The number of hydrogen-bond acceptors (Lipinski definition) is 5. The molecule has 0 spiro atoms. The van der Waals surface area contributed by atoms with Crippen LogP contribution >= 0.6 is 0 Å². The van der Waals surface area contributed by atoms with E-state index in [2.05, 4.69) is 16.0 Å². The predicted octanol–water partition coefficient (Wildman–Crippen LogP) is -0.841. The number of carbonyl (C=O) groups excluding carboxylic acids is 2. The zero-order chi connectivity index (χ0) is 16.1. The van der Waals surface area contributed by atoms with Crippen LogP contribution in [0.15, 0.2) is 23.0 Å². The lowest BCUT2D eigenvalue weighted by Crippen LogP contribution is -2.53. The molecule has 0 saturated carbocycles. The van der Waals surface area contributed by atoms with E-state index in [-0.39, 0.29) is 23.9 Å². The van der Waals surface area contributed by atoms with Crippen LogP contribution in [-0.4, -0.2) is 50.6 Å². The Morgan fingerprint density at radius 3 is 2.95 bits per heavy atom. The first-order valence-corrected chi connectivity index (χ1v) is 7.53. The van der Waals surface area contributed by atoms with Crippen molar-refractivity contribution in [3.05, 3.63) is 23.0 Å². The van der Waals surface area contributed by atoms with E-state index in [9.17, 15) is 9.59 Å². The minimum absolute atomic E-state index is 0.0170. The highest BCUT2D eigenvalue weighted by Gasteiger charge is 2.24. The number of nitrogens with one attached hydrogen (secondary N) is 3. The summed E-state index contributed by atoms with van der Waals surface area (Å²) in [6.07, 6.45) is 2.84. The van der Waals surface area contributed by atoms with Crippen LogP contribution in [0.3, 0.4) is 0 Å². The summed E-state index contributed by atoms with van der Waals surface area (Å²) in [4.78, 5) is 23.9. The third-order valence-electron chi connectivity index (χ3n) is 4.00. The monoisotopic (exact) mass is 308 g/mol. The van der Waals surface area contributed by atoms with Crippen molar-refractivity contribution in [1.29, 1.82) is 0 Å². The molecule has 1 aliphatic heterocycles. The normalized spacial score (nSPS) is 25.4. The van der Waals surface area contributed by atoms with Crippen LogP contribution in [-0.2, 0) is 14.3 Å². The average molecular weight is 308 g/mol. The molecule has 7 nitrogen and oxygen atoms in total. The van der Waals surface area contributed by atoms with Gasteiger partial charge in [-0.15, -0.1) is 0 Å². The minimum atomic E-state index is -0.248. The van der Waals surface area contributed by atoms with Crippen molar-refractivity contribution in [2.24, 2.45) is 5.73 Å². The van der Waals surface area contributed by atoms with Crippen molar-refractivity contribution in [3.8, 4) is 0 Å². The van der Waals surface area contributed by atoms with Crippen LogP contribution in [0.2, 0.25) is 0 Å². The quantitative estimate of drug-likeness (QED) is 0.530. The Labute approximate surface area is 130 Å². The highest BCUT2D eigenvalue weighted by Crippen LogP contribution is 2.23. The fourth-order valence-electron chi connectivity index (χ4n) is 2.58. The molecule has 1 aliphatic carbocycles. The lowest BCUT2D eigenvalue weighted by atomic mass is 9.94. The topological polar surface area (TPSA) is 105 Å². The maximum absolute atomic E-state index is 12.3. The van der Waals surface area contributed by atoms with Gasteiger partial charge < -0.3 is 26.4 Å². The Morgan fingerprint density at radius 1 is 1.50 bits per heavy atom. The molecular weight excluding hydrogens is 284 g/mol. The van der Waals surface area contributed by atoms with Gasteiger partial charge in [0.05, 0.1) is 18.7 Å². The first-order chi connectivity index (χ1) is 10.5. The van der Waals surface area contributed by atoms with Gasteiger partial charge in [-0.3, -0.25) is 9.59 Å². The first kappa shape index (κ1) is 16.5. The largest absolute Gasteiger partial charge is 0.500 e. The summed E-state index contributed by atoms with van der Waals surface area (Å²) in [7, 11) is 1.54. The molecule has 0 aromatic carbocycles. The summed E-state index contributed by atoms with van der Waals surface area (Å²) >= 11 is 0. The van der Waals surface area contributed by atoms with Gasteiger partial charge in [0.25, 0.3) is 5.91 Å². The van der Waals surface area contributed by atoms with Gasteiger partial charge in [0.2, 0.25) is 5.91 Å². The molecule has 2 unspecified atom stereocenters. The molecule has 22 heavy (non-hydrogen) atoms. The van der Waals surface area contributed by atoms with Crippen molar-refractivity contribution >= 4 is 11.8 Å². The SMILES string of the molecule is COC1=C(C(=O)NCCC2NCCNC2=O)C=C(C)C(N)C1. The van der Waals surface area contributed by atoms with Gasteiger partial charge in [0.15, 0.2) is 0 Å². The Bertz CT molecular complexity index is 513. The molecule has 122 valence electrons. The number of ether oxygens (including phenoxy) is 1. The summed E-state index contributed by atoms with van der Waals surface area (Å²) in [6.45, 7) is 3.73. The highest BCUT2D eigenvalue weighted by molar-refractivity contribution is 5.97. The molecule has 0 aromatic rings. The number of amides is 2.